The smallest absolute Gasteiger partial charge is 0.225 e. The lowest BCUT2D eigenvalue weighted by Crippen LogP contribution is -2.35. The second kappa shape index (κ2) is 5.88. The second-order valence-electron chi connectivity index (χ2n) is 6.95. The van der Waals surface area contributed by atoms with E-state index in [-0.39, 0.29) is 11.3 Å². The van der Waals surface area contributed by atoms with Crippen molar-refractivity contribution in [3.8, 4) is 0 Å². The predicted octanol–water partition coefficient (Wildman–Crippen LogP) is 3.35. The number of benzene rings is 1. The molecule has 0 aliphatic heterocycles. The molecule has 0 saturated heterocycles. The van der Waals surface area contributed by atoms with E-state index in [4.69, 9.17) is 0 Å². The van der Waals surface area contributed by atoms with Gasteiger partial charge in [-0.1, -0.05) is 46.8 Å². The quantitative estimate of drug-likeness (QED) is 0.937. The predicted molar refractivity (Wildman–Crippen MR) is 85.9 cm³/mol. The fourth-order valence-electron chi connectivity index (χ4n) is 2.25. The van der Waals surface area contributed by atoms with E-state index in [1.807, 2.05) is 39.0 Å². The monoisotopic (exact) mass is 287 g/mol. The molecule has 2 rings (SSSR count). The SMILES string of the molecule is CC(C)Cn1c(CNC(=O)C(C)(C)C)nc2ccccc21. The summed E-state index contributed by atoms with van der Waals surface area (Å²) in [5.74, 6) is 1.49. The van der Waals surface area contributed by atoms with E-state index in [2.05, 4.69) is 34.8 Å². The first-order valence-corrected chi connectivity index (χ1v) is 7.51. The summed E-state index contributed by atoms with van der Waals surface area (Å²) in [6.07, 6.45) is 0. The van der Waals surface area contributed by atoms with Gasteiger partial charge in [0.2, 0.25) is 5.91 Å². The maximum absolute atomic E-state index is 12.0. The zero-order chi connectivity index (χ0) is 15.6. The zero-order valence-electron chi connectivity index (χ0n) is 13.6. The summed E-state index contributed by atoms with van der Waals surface area (Å²) in [7, 11) is 0. The number of nitrogens with zero attached hydrogens (tertiary/aromatic N) is 2. The molecule has 0 saturated carbocycles. The standard InChI is InChI=1S/C17H25N3O/c1-12(2)11-20-14-9-7-6-8-13(14)19-15(20)10-18-16(21)17(3,4)5/h6-9,12H,10-11H2,1-5H3,(H,18,21). The third-order valence-electron chi connectivity index (χ3n) is 3.37. The fraction of sp³-hybridized carbons (Fsp3) is 0.529. The highest BCUT2D eigenvalue weighted by Crippen LogP contribution is 2.18. The van der Waals surface area contributed by atoms with Crippen LogP contribution in [0.3, 0.4) is 0 Å². The summed E-state index contributed by atoms with van der Waals surface area (Å²) in [5, 5.41) is 2.99. The van der Waals surface area contributed by atoms with Crippen molar-refractivity contribution in [2.45, 2.75) is 47.7 Å². The molecule has 0 bridgehead atoms. The van der Waals surface area contributed by atoms with Crippen molar-refractivity contribution in [2.24, 2.45) is 11.3 Å². The van der Waals surface area contributed by atoms with Gasteiger partial charge >= 0.3 is 0 Å². The molecule has 1 aromatic heterocycles. The van der Waals surface area contributed by atoms with Gasteiger partial charge in [0.1, 0.15) is 5.82 Å². The van der Waals surface area contributed by atoms with Gasteiger partial charge in [0.25, 0.3) is 0 Å². The van der Waals surface area contributed by atoms with Crippen LogP contribution >= 0.6 is 0 Å². The average molecular weight is 287 g/mol. The Morgan fingerprint density at radius 1 is 1.29 bits per heavy atom. The zero-order valence-corrected chi connectivity index (χ0v) is 13.6. The molecule has 1 aromatic carbocycles. The molecule has 0 aliphatic rings. The summed E-state index contributed by atoms with van der Waals surface area (Å²) < 4.78 is 2.21. The Labute approximate surface area is 126 Å². The number of nitrogens with one attached hydrogen (secondary N) is 1. The number of para-hydroxylation sites is 2. The van der Waals surface area contributed by atoms with E-state index < -0.39 is 0 Å². The van der Waals surface area contributed by atoms with Crippen molar-refractivity contribution in [2.75, 3.05) is 0 Å². The normalized spacial score (nSPS) is 12.1. The molecule has 1 amide bonds. The van der Waals surface area contributed by atoms with Crippen molar-refractivity contribution in [3.05, 3.63) is 30.1 Å². The molecule has 0 radical (unpaired) electrons. The topological polar surface area (TPSA) is 46.9 Å². The Morgan fingerprint density at radius 3 is 2.57 bits per heavy atom. The molecule has 2 aromatic rings. The van der Waals surface area contributed by atoms with E-state index >= 15 is 0 Å². The summed E-state index contributed by atoms with van der Waals surface area (Å²) in [5.41, 5.74) is 1.74. The summed E-state index contributed by atoms with van der Waals surface area (Å²) >= 11 is 0. The van der Waals surface area contributed by atoms with Crippen molar-refractivity contribution in [1.82, 2.24) is 14.9 Å². The van der Waals surface area contributed by atoms with Gasteiger partial charge in [0.05, 0.1) is 17.6 Å². The largest absolute Gasteiger partial charge is 0.348 e. The van der Waals surface area contributed by atoms with Crippen LogP contribution in [0.5, 0.6) is 0 Å². The van der Waals surface area contributed by atoms with Crippen LogP contribution in [-0.2, 0) is 17.9 Å². The molecule has 21 heavy (non-hydrogen) atoms. The first kappa shape index (κ1) is 15.5. The van der Waals surface area contributed by atoms with Crippen LogP contribution in [0.25, 0.3) is 11.0 Å². The molecular formula is C17H25N3O. The third kappa shape index (κ3) is 3.63. The Kier molecular flexibility index (Phi) is 4.35. The van der Waals surface area contributed by atoms with Crippen LogP contribution in [-0.4, -0.2) is 15.5 Å². The minimum absolute atomic E-state index is 0.0469. The lowest BCUT2D eigenvalue weighted by Gasteiger charge is -2.18. The van der Waals surface area contributed by atoms with Crippen molar-refractivity contribution in [3.63, 3.8) is 0 Å². The van der Waals surface area contributed by atoms with Crippen LogP contribution in [0.4, 0.5) is 0 Å². The fourth-order valence-corrected chi connectivity index (χ4v) is 2.25. The summed E-state index contributed by atoms with van der Waals surface area (Å²) in [4.78, 5) is 16.7. The Hall–Kier alpha value is -1.84. The van der Waals surface area contributed by atoms with Crippen LogP contribution in [0, 0.1) is 11.3 Å². The van der Waals surface area contributed by atoms with Gasteiger partial charge in [-0.15, -0.1) is 0 Å². The molecule has 0 spiro atoms. The Balaban J connectivity index is 2.28. The minimum Gasteiger partial charge on any atom is -0.348 e. The lowest BCUT2D eigenvalue weighted by molar-refractivity contribution is -0.128. The highest BCUT2D eigenvalue weighted by atomic mass is 16.2. The number of hydrogen-bond donors (Lipinski definition) is 1. The van der Waals surface area contributed by atoms with Gasteiger partial charge in [-0.3, -0.25) is 4.79 Å². The van der Waals surface area contributed by atoms with Crippen LogP contribution in [0.2, 0.25) is 0 Å². The molecule has 0 fully saturated rings. The van der Waals surface area contributed by atoms with Gasteiger partial charge in [-0.25, -0.2) is 4.98 Å². The van der Waals surface area contributed by atoms with E-state index in [0.717, 1.165) is 23.4 Å². The minimum atomic E-state index is -0.380. The molecule has 4 nitrogen and oxygen atoms in total. The molecule has 0 atom stereocenters. The van der Waals surface area contributed by atoms with Gasteiger partial charge in [-0.05, 0) is 18.1 Å². The van der Waals surface area contributed by atoms with Gasteiger partial charge < -0.3 is 9.88 Å². The number of amides is 1. The molecule has 0 aliphatic carbocycles. The lowest BCUT2D eigenvalue weighted by atomic mass is 9.96. The molecular weight excluding hydrogens is 262 g/mol. The molecule has 1 N–H and O–H groups in total. The Bertz CT molecular complexity index is 635. The summed E-state index contributed by atoms with van der Waals surface area (Å²) in [6.45, 7) is 11.5. The summed E-state index contributed by atoms with van der Waals surface area (Å²) in [6, 6.07) is 8.12. The van der Waals surface area contributed by atoms with Crippen molar-refractivity contribution >= 4 is 16.9 Å². The van der Waals surface area contributed by atoms with E-state index in [1.54, 1.807) is 0 Å². The third-order valence-corrected chi connectivity index (χ3v) is 3.37. The highest BCUT2D eigenvalue weighted by molar-refractivity contribution is 5.81. The number of imidazole rings is 1. The molecule has 1 heterocycles. The van der Waals surface area contributed by atoms with Gasteiger partial charge in [0.15, 0.2) is 0 Å². The van der Waals surface area contributed by atoms with Gasteiger partial charge in [0, 0.05) is 12.0 Å². The van der Waals surface area contributed by atoms with E-state index in [0.29, 0.717) is 12.5 Å². The maximum atomic E-state index is 12.0. The Morgan fingerprint density at radius 2 is 1.95 bits per heavy atom. The number of aromatic nitrogens is 2. The number of hydrogen-bond acceptors (Lipinski definition) is 2. The van der Waals surface area contributed by atoms with Crippen LogP contribution in [0.15, 0.2) is 24.3 Å². The first-order valence-electron chi connectivity index (χ1n) is 7.51. The van der Waals surface area contributed by atoms with Gasteiger partial charge in [-0.2, -0.15) is 0 Å². The average Bonchev–Trinajstić information content (AvgIpc) is 2.72. The van der Waals surface area contributed by atoms with E-state index in [9.17, 15) is 4.79 Å². The van der Waals surface area contributed by atoms with E-state index in [1.165, 1.54) is 0 Å². The number of fused-ring (bicyclic) bond motifs is 1. The molecule has 4 heteroatoms. The van der Waals surface area contributed by atoms with Crippen LogP contribution in [0.1, 0.15) is 40.4 Å². The number of rotatable bonds is 4. The maximum Gasteiger partial charge on any atom is 0.225 e. The molecule has 114 valence electrons. The molecule has 0 unspecified atom stereocenters. The number of carbonyl (C=O) groups excluding carboxylic acids is 1. The van der Waals surface area contributed by atoms with Crippen LogP contribution < -0.4 is 5.32 Å². The highest BCUT2D eigenvalue weighted by Gasteiger charge is 2.21. The number of carbonyl (C=O) groups is 1. The second-order valence-corrected chi connectivity index (χ2v) is 6.95. The van der Waals surface area contributed by atoms with Crippen molar-refractivity contribution in [1.29, 1.82) is 0 Å². The first-order chi connectivity index (χ1) is 9.79. The van der Waals surface area contributed by atoms with Crippen molar-refractivity contribution < 1.29 is 4.79 Å².